The standard InChI is InChI=1S/C34H41FN2O12/c1-31-11-10-22(38)14-21(31)8-9-23-24-15-26(39)34(44,32(24,2)16-27(40)33(23,31)35)28(41)18-48-30(43)25(36)17-47-29(42)20-7-3-5-19(13-20)6-4-12-49-37(45)46/h3,5,7-8,10-11,13,23-27,39-40,44H,4,6,9,12,14-18,36H2,1-2H3/t23-,24-,25?,26+,27-,31-,32-,33-,34-/m0/s1. The number of Topliss-reactive ketones (excluding diaryl/α,β-unsaturated/α-hetero) is 1. The van der Waals surface area contributed by atoms with Crippen molar-refractivity contribution in [3.05, 3.63) is 69.3 Å². The van der Waals surface area contributed by atoms with Crippen LogP contribution in [-0.4, -0.2) is 93.3 Å². The molecule has 0 aromatic heterocycles. The highest BCUT2D eigenvalue weighted by Crippen LogP contribution is 2.69. The fourth-order valence-corrected chi connectivity index (χ4v) is 8.58. The number of fused-ring (bicyclic) bond motifs is 5. The van der Waals surface area contributed by atoms with Crippen LogP contribution in [0.1, 0.15) is 61.9 Å². The SMILES string of the molecule is C[C@]12C=CC(=O)CC1=CC[C@H]1[C@@H]3C[C@@H](O)[C@](O)(C(=O)COC(=O)C(N)COC(=O)c4cccc(CCCO[N+](=O)[O-])c4)[C@@]3(C)C[C@H](O)[C@@]12F. The third-order valence-corrected chi connectivity index (χ3v) is 11.3. The van der Waals surface area contributed by atoms with Crippen molar-refractivity contribution in [1.82, 2.24) is 0 Å². The monoisotopic (exact) mass is 688 g/mol. The summed E-state index contributed by atoms with van der Waals surface area (Å²) >= 11 is 0. The van der Waals surface area contributed by atoms with Crippen molar-refractivity contribution in [2.24, 2.45) is 28.4 Å². The maximum absolute atomic E-state index is 17.3. The third-order valence-electron chi connectivity index (χ3n) is 11.3. The van der Waals surface area contributed by atoms with Gasteiger partial charge in [0.05, 0.1) is 24.4 Å². The van der Waals surface area contributed by atoms with Crippen molar-refractivity contribution in [3.63, 3.8) is 0 Å². The molecule has 1 aromatic rings. The van der Waals surface area contributed by atoms with Crippen molar-refractivity contribution in [2.75, 3.05) is 19.8 Å². The Labute approximate surface area is 281 Å². The van der Waals surface area contributed by atoms with Crippen LogP contribution in [0.3, 0.4) is 0 Å². The second-order valence-electron chi connectivity index (χ2n) is 13.9. The molecule has 0 aliphatic heterocycles. The molecule has 2 fully saturated rings. The molecule has 266 valence electrons. The summed E-state index contributed by atoms with van der Waals surface area (Å²) in [6.07, 6.45) is 1.58. The van der Waals surface area contributed by atoms with E-state index in [0.717, 1.165) is 0 Å². The number of alkyl halides is 1. The summed E-state index contributed by atoms with van der Waals surface area (Å²) in [7, 11) is 0. The van der Waals surface area contributed by atoms with Gasteiger partial charge < -0.3 is 35.4 Å². The predicted molar refractivity (Wildman–Crippen MR) is 167 cm³/mol. The molecule has 0 bridgehead atoms. The van der Waals surface area contributed by atoms with E-state index in [1.165, 1.54) is 31.2 Å². The van der Waals surface area contributed by atoms with Crippen molar-refractivity contribution in [3.8, 4) is 0 Å². The number of ether oxygens (including phenoxy) is 2. The topological polar surface area (TPSA) is 226 Å². The smallest absolute Gasteiger partial charge is 0.338 e. The van der Waals surface area contributed by atoms with E-state index in [-0.39, 0.29) is 43.6 Å². The highest BCUT2D eigenvalue weighted by Gasteiger charge is 2.76. The van der Waals surface area contributed by atoms with Gasteiger partial charge in [-0.1, -0.05) is 36.8 Å². The Bertz CT molecular complexity index is 1600. The van der Waals surface area contributed by atoms with Crippen LogP contribution in [-0.2, 0) is 35.1 Å². The lowest BCUT2D eigenvalue weighted by molar-refractivity contribution is -0.757. The van der Waals surface area contributed by atoms with E-state index in [9.17, 15) is 44.6 Å². The van der Waals surface area contributed by atoms with Crippen LogP contribution in [0.5, 0.6) is 0 Å². The Morgan fingerprint density at radius 1 is 1.16 bits per heavy atom. The number of benzene rings is 1. The van der Waals surface area contributed by atoms with Gasteiger partial charge >= 0.3 is 11.9 Å². The lowest BCUT2D eigenvalue weighted by Gasteiger charge is -2.61. The summed E-state index contributed by atoms with van der Waals surface area (Å²) < 4.78 is 27.5. The van der Waals surface area contributed by atoms with Gasteiger partial charge in [-0.15, -0.1) is 10.1 Å². The average Bonchev–Trinajstić information content (AvgIpc) is 3.26. The second kappa shape index (κ2) is 13.3. The van der Waals surface area contributed by atoms with Crippen LogP contribution in [0.25, 0.3) is 0 Å². The van der Waals surface area contributed by atoms with Crippen LogP contribution in [0, 0.1) is 32.8 Å². The molecular formula is C34H41FN2O12. The number of nitrogens with zero attached hydrogens (tertiary/aromatic N) is 1. The minimum absolute atomic E-state index is 0.0244. The number of carbonyl (C=O) groups excluding carboxylic acids is 4. The van der Waals surface area contributed by atoms with Crippen LogP contribution in [0.4, 0.5) is 4.39 Å². The number of halogens is 1. The van der Waals surface area contributed by atoms with Crippen molar-refractivity contribution >= 4 is 23.5 Å². The summed E-state index contributed by atoms with van der Waals surface area (Å²) in [5, 5.41) is 43.8. The number of esters is 2. The quantitative estimate of drug-likeness (QED) is 0.0804. The molecule has 14 nitrogen and oxygen atoms in total. The molecule has 9 atom stereocenters. The molecule has 5 N–H and O–H groups in total. The summed E-state index contributed by atoms with van der Waals surface area (Å²) in [6, 6.07) is 4.78. The fourth-order valence-electron chi connectivity index (χ4n) is 8.58. The van der Waals surface area contributed by atoms with Gasteiger partial charge in [-0.3, -0.25) is 14.4 Å². The summed E-state index contributed by atoms with van der Waals surface area (Å²) in [6.45, 7) is 1.42. The first-order valence-corrected chi connectivity index (χ1v) is 16.2. The van der Waals surface area contributed by atoms with Crippen molar-refractivity contribution in [2.45, 2.75) is 81.9 Å². The van der Waals surface area contributed by atoms with Gasteiger partial charge in [-0.05, 0) is 68.7 Å². The van der Waals surface area contributed by atoms with Gasteiger partial charge in [0.15, 0.2) is 23.7 Å². The van der Waals surface area contributed by atoms with Gasteiger partial charge in [0.25, 0.3) is 5.09 Å². The molecule has 1 unspecified atom stereocenters. The molecule has 0 radical (unpaired) electrons. The van der Waals surface area contributed by atoms with Crippen LogP contribution >= 0.6 is 0 Å². The number of aliphatic hydroxyl groups is 3. The Morgan fingerprint density at radius 3 is 2.61 bits per heavy atom. The molecule has 49 heavy (non-hydrogen) atoms. The number of aliphatic hydroxyl groups excluding tert-OH is 2. The summed E-state index contributed by atoms with van der Waals surface area (Å²) in [5.74, 6) is -4.82. The van der Waals surface area contributed by atoms with Gasteiger partial charge in [0.2, 0.25) is 5.78 Å². The first-order valence-electron chi connectivity index (χ1n) is 16.2. The molecule has 5 rings (SSSR count). The predicted octanol–water partition coefficient (Wildman–Crippen LogP) is 1.50. The maximum atomic E-state index is 17.3. The number of hydrogen-bond donors (Lipinski definition) is 4. The number of hydrogen-bond acceptors (Lipinski definition) is 13. The Hall–Kier alpha value is -4.05. The molecule has 0 spiro atoms. The van der Waals surface area contributed by atoms with Crippen molar-refractivity contribution in [1.29, 1.82) is 0 Å². The third kappa shape index (κ3) is 6.06. The largest absolute Gasteiger partial charge is 0.460 e. The van der Waals surface area contributed by atoms with E-state index in [1.807, 2.05) is 0 Å². The van der Waals surface area contributed by atoms with E-state index in [4.69, 9.17) is 15.2 Å². The summed E-state index contributed by atoms with van der Waals surface area (Å²) in [5.41, 5.74) is -0.303. The molecule has 0 amide bonds. The fraction of sp³-hybridized carbons (Fsp3) is 0.588. The normalized spacial score (nSPS) is 35.2. The van der Waals surface area contributed by atoms with Crippen LogP contribution in [0.2, 0.25) is 0 Å². The first kappa shape index (κ1) is 36.2. The minimum Gasteiger partial charge on any atom is -0.460 e. The lowest BCUT2D eigenvalue weighted by Crippen LogP contribution is -2.69. The number of ketones is 2. The zero-order valence-corrected chi connectivity index (χ0v) is 27.2. The molecule has 0 heterocycles. The molecule has 4 aliphatic rings. The van der Waals surface area contributed by atoms with Gasteiger partial charge in [-0.2, -0.15) is 0 Å². The Kier molecular flexibility index (Phi) is 9.87. The zero-order valence-electron chi connectivity index (χ0n) is 27.2. The number of rotatable bonds is 12. The highest BCUT2D eigenvalue weighted by molar-refractivity contribution is 5.94. The van der Waals surface area contributed by atoms with E-state index in [1.54, 1.807) is 25.1 Å². The van der Waals surface area contributed by atoms with Crippen molar-refractivity contribution < 1.29 is 58.3 Å². The molecule has 2 saturated carbocycles. The van der Waals surface area contributed by atoms with Gasteiger partial charge in [0, 0.05) is 23.2 Å². The second-order valence-corrected chi connectivity index (χ2v) is 13.9. The molecule has 15 heteroatoms. The van der Waals surface area contributed by atoms with E-state index in [0.29, 0.717) is 24.0 Å². The van der Waals surface area contributed by atoms with E-state index in [2.05, 4.69) is 4.84 Å². The van der Waals surface area contributed by atoms with E-state index < -0.39 is 88.2 Å². The lowest BCUT2D eigenvalue weighted by atomic mass is 9.45. The maximum Gasteiger partial charge on any atom is 0.338 e. The number of aryl methyl sites for hydroxylation is 1. The zero-order chi connectivity index (χ0) is 35.9. The molecular weight excluding hydrogens is 647 g/mol. The number of allylic oxidation sites excluding steroid dienone is 4. The number of nitrogens with two attached hydrogens (primary N) is 1. The molecule has 4 aliphatic carbocycles. The minimum atomic E-state index is -2.50. The Morgan fingerprint density at radius 2 is 1.90 bits per heavy atom. The van der Waals surface area contributed by atoms with Crippen LogP contribution < -0.4 is 5.73 Å². The highest BCUT2D eigenvalue weighted by atomic mass is 19.1. The molecule has 0 saturated heterocycles. The summed E-state index contributed by atoms with van der Waals surface area (Å²) in [4.78, 5) is 65.4. The van der Waals surface area contributed by atoms with Gasteiger partial charge in [-0.25, -0.2) is 9.18 Å². The van der Waals surface area contributed by atoms with E-state index >= 15 is 4.39 Å². The number of carbonyl (C=O) groups is 4. The van der Waals surface area contributed by atoms with Gasteiger partial charge in [0.1, 0.15) is 12.6 Å². The Balaban J connectivity index is 1.20. The first-order chi connectivity index (χ1) is 23.0. The average molecular weight is 689 g/mol. The molecule has 1 aromatic carbocycles. The van der Waals surface area contributed by atoms with Crippen LogP contribution in [0.15, 0.2) is 48.1 Å².